The van der Waals surface area contributed by atoms with Crippen LogP contribution in [-0.4, -0.2) is 43.0 Å². The van der Waals surface area contributed by atoms with Crippen molar-refractivity contribution in [1.82, 2.24) is 4.90 Å². The van der Waals surface area contributed by atoms with E-state index in [9.17, 15) is 9.59 Å². The first-order valence-corrected chi connectivity index (χ1v) is 6.50. The standard InChI is InChI=1S/C13H24N2O3/c1-10(2)15(8-12(17)18-3)11(16)7-13(9-14)5-4-6-13/h10H,4-9,14H2,1-3H3. The van der Waals surface area contributed by atoms with Gasteiger partial charge >= 0.3 is 5.97 Å². The Morgan fingerprint density at radius 3 is 2.33 bits per heavy atom. The molecule has 1 fully saturated rings. The molecule has 0 aromatic heterocycles. The molecule has 18 heavy (non-hydrogen) atoms. The number of nitrogens with two attached hydrogens (primary N) is 1. The van der Waals surface area contributed by atoms with Gasteiger partial charge in [-0.2, -0.15) is 0 Å². The molecule has 0 heterocycles. The van der Waals surface area contributed by atoms with Crippen molar-refractivity contribution in [2.24, 2.45) is 11.1 Å². The van der Waals surface area contributed by atoms with E-state index in [0.29, 0.717) is 13.0 Å². The summed E-state index contributed by atoms with van der Waals surface area (Å²) in [5.74, 6) is -0.381. The fourth-order valence-electron chi connectivity index (χ4n) is 2.31. The van der Waals surface area contributed by atoms with Crippen molar-refractivity contribution in [3.63, 3.8) is 0 Å². The highest BCUT2D eigenvalue weighted by Gasteiger charge is 2.39. The minimum atomic E-state index is -0.382. The number of nitrogens with zero attached hydrogens (tertiary/aromatic N) is 1. The second-order valence-corrected chi connectivity index (χ2v) is 5.43. The van der Waals surface area contributed by atoms with E-state index >= 15 is 0 Å². The number of hydrogen-bond donors (Lipinski definition) is 1. The molecule has 0 spiro atoms. The van der Waals surface area contributed by atoms with E-state index in [1.165, 1.54) is 7.11 Å². The Hall–Kier alpha value is -1.10. The highest BCUT2D eigenvalue weighted by molar-refractivity contribution is 5.82. The maximum atomic E-state index is 12.3. The van der Waals surface area contributed by atoms with Crippen LogP contribution in [0.5, 0.6) is 0 Å². The van der Waals surface area contributed by atoms with Crippen LogP contribution >= 0.6 is 0 Å². The molecule has 1 amide bonds. The summed E-state index contributed by atoms with van der Waals surface area (Å²) in [6, 6.07) is -0.00787. The summed E-state index contributed by atoms with van der Waals surface area (Å²) in [6.45, 7) is 4.37. The lowest BCUT2D eigenvalue weighted by atomic mass is 9.66. The van der Waals surface area contributed by atoms with Crippen LogP contribution in [0.1, 0.15) is 39.5 Å². The van der Waals surface area contributed by atoms with E-state index in [-0.39, 0.29) is 29.9 Å². The Morgan fingerprint density at radius 1 is 1.39 bits per heavy atom. The zero-order chi connectivity index (χ0) is 13.8. The fourth-order valence-corrected chi connectivity index (χ4v) is 2.31. The Labute approximate surface area is 109 Å². The van der Waals surface area contributed by atoms with Gasteiger partial charge in [0.25, 0.3) is 0 Å². The smallest absolute Gasteiger partial charge is 0.325 e. The maximum Gasteiger partial charge on any atom is 0.325 e. The molecular formula is C13H24N2O3. The topological polar surface area (TPSA) is 72.6 Å². The lowest BCUT2D eigenvalue weighted by molar-refractivity contribution is -0.149. The van der Waals surface area contributed by atoms with E-state index in [1.807, 2.05) is 13.8 Å². The molecule has 5 nitrogen and oxygen atoms in total. The SMILES string of the molecule is COC(=O)CN(C(=O)CC1(CN)CCC1)C(C)C. The fraction of sp³-hybridized carbons (Fsp3) is 0.846. The summed E-state index contributed by atoms with van der Waals surface area (Å²) >= 11 is 0. The monoisotopic (exact) mass is 256 g/mol. The molecule has 0 unspecified atom stereocenters. The van der Waals surface area contributed by atoms with Crippen LogP contribution in [-0.2, 0) is 14.3 Å². The van der Waals surface area contributed by atoms with Crippen LogP contribution in [0.2, 0.25) is 0 Å². The molecule has 0 aliphatic heterocycles. The number of ether oxygens (including phenoxy) is 1. The summed E-state index contributed by atoms with van der Waals surface area (Å²) in [6.07, 6.45) is 3.61. The Bertz CT molecular complexity index is 306. The van der Waals surface area contributed by atoms with E-state index < -0.39 is 0 Å². The van der Waals surface area contributed by atoms with Crippen molar-refractivity contribution in [2.75, 3.05) is 20.2 Å². The van der Waals surface area contributed by atoms with Crippen LogP contribution in [0.3, 0.4) is 0 Å². The third-order valence-electron chi connectivity index (χ3n) is 3.84. The van der Waals surface area contributed by atoms with Gasteiger partial charge in [0.15, 0.2) is 0 Å². The van der Waals surface area contributed by atoms with Crippen LogP contribution < -0.4 is 5.73 Å². The van der Waals surface area contributed by atoms with Gasteiger partial charge in [0, 0.05) is 12.5 Å². The molecule has 1 saturated carbocycles. The summed E-state index contributed by atoms with van der Waals surface area (Å²) in [5, 5.41) is 0. The molecule has 0 atom stereocenters. The largest absolute Gasteiger partial charge is 0.468 e. The first kappa shape index (κ1) is 15.0. The maximum absolute atomic E-state index is 12.3. The van der Waals surface area contributed by atoms with Crippen molar-refractivity contribution in [3.8, 4) is 0 Å². The molecule has 104 valence electrons. The number of methoxy groups -OCH3 is 1. The molecular weight excluding hydrogens is 232 g/mol. The van der Waals surface area contributed by atoms with Gasteiger partial charge in [0.2, 0.25) is 5.91 Å². The quantitative estimate of drug-likeness (QED) is 0.717. The lowest BCUT2D eigenvalue weighted by Crippen LogP contribution is -2.46. The Kier molecular flexibility index (Phi) is 5.14. The van der Waals surface area contributed by atoms with Gasteiger partial charge in [0.1, 0.15) is 6.54 Å². The summed E-state index contributed by atoms with van der Waals surface area (Å²) in [5.41, 5.74) is 5.73. The highest BCUT2D eigenvalue weighted by Crippen LogP contribution is 2.43. The molecule has 0 saturated heterocycles. The molecule has 1 aliphatic carbocycles. The first-order valence-electron chi connectivity index (χ1n) is 6.50. The molecule has 5 heteroatoms. The number of hydrogen-bond acceptors (Lipinski definition) is 4. The summed E-state index contributed by atoms with van der Waals surface area (Å²) < 4.78 is 4.62. The van der Waals surface area contributed by atoms with Gasteiger partial charge in [-0.3, -0.25) is 9.59 Å². The van der Waals surface area contributed by atoms with Gasteiger partial charge in [-0.1, -0.05) is 6.42 Å². The van der Waals surface area contributed by atoms with E-state index in [0.717, 1.165) is 19.3 Å². The predicted molar refractivity (Wildman–Crippen MR) is 68.8 cm³/mol. The number of rotatable bonds is 6. The van der Waals surface area contributed by atoms with Crippen molar-refractivity contribution >= 4 is 11.9 Å². The van der Waals surface area contributed by atoms with Gasteiger partial charge in [-0.15, -0.1) is 0 Å². The number of esters is 1. The van der Waals surface area contributed by atoms with Crippen molar-refractivity contribution in [3.05, 3.63) is 0 Å². The molecule has 0 bridgehead atoms. The summed E-state index contributed by atoms with van der Waals surface area (Å²) in [4.78, 5) is 25.1. The highest BCUT2D eigenvalue weighted by atomic mass is 16.5. The molecule has 0 aromatic carbocycles. The van der Waals surface area contributed by atoms with Gasteiger partial charge in [0.05, 0.1) is 7.11 Å². The zero-order valence-electron chi connectivity index (χ0n) is 11.6. The zero-order valence-corrected chi connectivity index (χ0v) is 11.6. The van der Waals surface area contributed by atoms with Crippen molar-refractivity contribution in [1.29, 1.82) is 0 Å². The average molecular weight is 256 g/mol. The van der Waals surface area contributed by atoms with Gasteiger partial charge in [-0.05, 0) is 38.6 Å². The second-order valence-electron chi connectivity index (χ2n) is 5.43. The third-order valence-corrected chi connectivity index (χ3v) is 3.84. The van der Waals surface area contributed by atoms with Crippen LogP contribution in [0.25, 0.3) is 0 Å². The van der Waals surface area contributed by atoms with E-state index in [4.69, 9.17) is 5.73 Å². The Balaban J connectivity index is 2.62. The second kappa shape index (κ2) is 6.18. The van der Waals surface area contributed by atoms with Gasteiger partial charge < -0.3 is 15.4 Å². The van der Waals surface area contributed by atoms with E-state index in [2.05, 4.69) is 4.74 Å². The Morgan fingerprint density at radius 2 is 2.00 bits per heavy atom. The minimum Gasteiger partial charge on any atom is -0.468 e. The molecule has 0 aromatic rings. The summed E-state index contributed by atoms with van der Waals surface area (Å²) in [7, 11) is 1.33. The molecule has 2 N–H and O–H groups in total. The molecule has 1 rings (SSSR count). The van der Waals surface area contributed by atoms with Crippen molar-refractivity contribution < 1.29 is 14.3 Å². The number of amides is 1. The molecule has 1 aliphatic rings. The van der Waals surface area contributed by atoms with Crippen LogP contribution in [0.4, 0.5) is 0 Å². The van der Waals surface area contributed by atoms with Crippen LogP contribution in [0, 0.1) is 5.41 Å². The predicted octanol–water partition coefficient (Wildman–Crippen LogP) is 0.915. The number of carbonyl (C=O) groups excluding carboxylic acids is 2. The lowest BCUT2D eigenvalue weighted by Gasteiger charge is -2.42. The number of carbonyl (C=O) groups is 2. The van der Waals surface area contributed by atoms with E-state index in [1.54, 1.807) is 4.90 Å². The van der Waals surface area contributed by atoms with Gasteiger partial charge in [-0.25, -0.2) is 0 Å². The third kappa shape index (κ3) is 3.45. The van der Waals surface area contributed by atoms with Crippen molar-refractivity contribution in [2.45, 2.75) is 45.6 Å². The minimum absolute atomic E-state index is 0.000509. The first-order chi connectivity index (χ1) is 8.44. The average Bonchev–Trinajstić information content (AvgIpc) is 2.29. The van der Waals surface area contributed by atoms with Crippen LogP contribution in [0.15, 0.2) is 0 Å². The molecule has 0 radical (unpaired) electrons. The normalized spacial score (nSPS) is 17.2.